The molecule has 2 aromatic carbocycles. The highest BCUT2D eigenvalue weighted by molar-refractivity contribution is 7.91. The maximum absolute atomic E-state index is 12.8. The van der Waals surface area contributed by atoms with Gasteiger partial charge in [-0.05, 0) is 54.3 Å². The summed E-state index contributed by atoms with van der Waals surface area (Å²) in [5.74, 6) is -0.356. The Hall–Kier alpha value is -1.68. The van der Waals surface area contributed by atoms with Crippen LogP contribution in [-0.2, 0) is 27.7 Å². The molecular formula is C26H33Cl2N3O4S. The topological polar surface area (TPSA) is 79.0 Å². The maximum atomic E-state index is 12.8. The normalized spacial score (nSPS) is 18.3. The molecule has 196 valence electrons. The second-order valence-electron chi connectivity index (χ2n) is 9.30. The Kier molecular flexibility index (Phi) is 9.30. The molecule has 0 radical (unpaired) electrons. The Morgan fingerprint density at radius 2 is 1.75 bits per heavy atom. The van der Waals surface area contributed by atoms with Crippen LogP contribution in [0, 0.1) is 0 Å². The van der Waals surface area contributed by atoms with Crippen LogP contribution in [0.2, 0.25) is 10.0 Å². The number of carbonyl (C=O) groups is 1. The fourth-order valence-electron chi connectivity index (χ4n) is 4.82. The summed E-state index contributed by atoms with van der Waals surface area (Å²) in [5, 5.41) is 3.76. The van der Waals surface area contributed by atoms with Crippen molar-refractivity contribution in [2.24, 2.45) is 0 Å². The third-order valence-electron chi connectivity index (χ3n) is 7.00. The lowest BCUT2D eigenvalue weighted by Crippen LogP contribution is -2.51. The molecule has 0 saturated carbocycles. The number of amides is 1. The highest BCUT2D eigenvalue weighted by Gasteiger charge is 2.26. The Labute approximate surface area is 223 Å². The molecule has 1 N–H and O–H groups in total. The zero-order valence-electron chi connectivity index (χ0n) is 20.5. The van der Waals surface area contributed by atoms with Crippen molar-refractivity contribution in [3.05, 3.63) is 63.1 Å². The van der Waals surface area contributed by atoms with Crippen LogP contribution >= 0.6 is 23.2 Å². The van der Waals surface area contributed by atoms with Crippen LogP contribution in [0.3, 0.4) is 0 Å². The molecule has 10 heteroatoms. The summed E-state index contributed by atoms with van der Waals surface area (Å²) in [6.45, 7) is 8.15. The first-order chi connectivity index (χ1) is 17.3. The van der Waals surface area contributed by atoms with Gasteiger partial charge in [0.1, 0.15) is 0 Å². The lowest BCUT2D eigenvalue weighted by Gasteiger charge is -2.40. The number of nitrogens with zero attached hydrogens (tertiary/aromatic N) is 2. The van der Waals surface area contributed by atoms with Crippen LogP contribution in [0.15, 0.2) is 41.3 Å². The van der Waals surface area contributed by atoms with Gasteiger partial charge in [0.05, 0.1) is 10.6 Å². The minimum Gasteiger partial charge on any atom is -0.381 e. The molecule has 2 heterocycles. The van der Waals surface area contributed by atoms with E-state index in [0.29, 0.717) is 27.2 Å². The molecule has 2 aromatic rings. The third kappa shape index (κ3) is 6.79. The van der Waals surface area contributed by atoms with Crippen LogP contribution in [0.5, 0.6) is 0 Å². The van der Waals surface area contributed by atoms with E-state index in [-0.39, 0.29) is 23.1 Å². The number of halogens is 2. The Morgan fingerprint density at radius 3 is 2.42 bits per heavy atom. The second-order valence-corrected chi connectivity index (χ2v) is 12.4. The summed E-state index contributed by atoms with van der Waals surface area (Å²) in [6, 6.07) is 10.6. The average molecular weight is 555 g/mol. The van der Waals surface area contributed by atoms with Crippen molar-refractivity contribution in [1.82, 2.24) is 15.1 Å². The summed E-state index contributed by atoms with van der Waals surface area (Å²) in [4.78, 5) is 17.9. The minimum absolute atomic E-state index is 0.0305. The Morgan fingerprint density at radius 1 is 1.03 bits per heavy atom. The van der Waals surface area contributed by atoms with E-state index in [1.54, 1.807) is 31.2 Å². The first-order valence-corrected chi connectivity index (χ1v) is 14.8. The van der Waals surface area contributed by atoms with Gasteiger partial charge in [-0.15, -0.1) is 0 Å². The molecule has 4 rings (SSSR count). The van der Waals surface area contributed by atoms with Gasteiger partial charge < -0.3 is 10.1 Å². The predicted octanol–water partition coefficient (Wildman–Crippen LogP) is 4.01. The zero-order valence-corrected chi connectivity index (χ0v) is 22.8. The zero-order chi connectivity index (χ0) is 25.7. The molecule has 2 aliphatic heterocycles. The fourth-order valence-corrected chi connectivity index (χ4v) is 6.37. The first kappa shape index (κ1) is 27.4. The molecule has 0 unspecified atom stereocenters. The van der Waals surface area contributed by atoms with Crippen LogP contribution in [-0.4, -0.2) is 75.3 Å². The molecule has 2 fully saturated rings. The van der Waals surface area contributed by atoms with E-state index >= 15 is 0 Å². The second kappa shape index (κ2) is 12.2. The number of piperazine rings is 1. The number of nitrogens with one attached hydrogen (secondary N) is 1. The number of hydrogen-bond donors (Lipinski definition) is 1. The number of carbonyl (C=O) groups excluding carboxylic acids is 1. The van der Waals surface area contributed by atoms with Gasteiger partial charge in [-0.3, -0.25) is 14.6 Å². The standard InChI is InChI=1S/C26H33Cl2N3O4S/c1-2-36(33,34)25-6-5-22(27)15-21(25)17-29-26(32)19-3-4-20(24(28)16-19)18-30-9-11-31(12-10-30)23-7-13-35-14-8-23/h3-6,15-16,23H,2,7-14,17-18H2,1H3,(H,29,32). The molecule has 0 atom stereocenters. The molecule has 0 bridgehead atoms. The van der Waals surface area contributed by atoms with Crippen LogP contribution < -0.4 is 5.32 Å². The molecule has 7 nitrogen and oxygen atoms in total. The highest BCUT2D eigenvalue weighted by Crippen LogP contribution is 2.24. The van der Waals surface area contributed by atoms with Crippen molar-refractivity contribution in [1.29, 1.82) is 0 Å². The summed E-state index contributed by atoms with van der Waals surface area (Å²) in [7, 11) is -3.44. The van der Waals surface area contributed by atoms with E-state index in [0.717, 1.165) is 64.3 Å². The van der Waals surface area contributed by atoms with Gasteiger partial charge in [-0.1, -0.05) is 36.2 Å². The summed E-state index contributed by atoms with van der Waals surface area (Å²) < 4.78 is 30.3. The predicted molar refractivity (Wildman–Crippen MR) is 142 cm³/mol. The van der Waals surface area contributed by atoms with Crippen molar-refractivity contribution in [3.8, 4) is 0 Å². The Balaban J connectivity index is 1.34. The maximum Gasteiger partial charge on any atom is 0.251 e. The molecule has 1 amide bonds. The van der Waals surface area contributed by atoms with Crippen molar-refractivity contribution in [2.75, 3.05) is 45.1 Å². The molecule has 0 spiro atoms. The molecule has 36 heavy (non-hydrogen) atoms. The van der Waals surface area contributed by atoms with Crippen LogP contribution in [0.1, 0.15) is 41.3 Å². The van der Waals surface area contributed by atoms with Gasteiger partial charge in [0.2, 0.25) is 0 Å². The van der Waals surface area contributed by atoms with E-state index < -0.39 is 9.84 Å². The highest BCUT2D eigenvalue weighted by atomic mass is 35.5. The van der Waals surface area contributed by atoms with E-state index in [2.05, 4.69) is 15.1 Å². The summed E-state index contributed by atoms with van der Waals surface area (Å²) in [5.41, 5.74) is 1.87. The summed E-state index contributed by atoms with van der Waals surface area (Å²) in [6.07, 6.45) is 2.23. The largest absolute Gasteiger partial charge is 0.381 e. The van der Waals surface area contributed by atoms with E-state index in [4.69, 9.17) is 27.9 Å². The van der Waals surface area contributed by atoms with Crippen LogP contribution in [0.4, 0.5) is 0 Å². The molecular weight excluding hydrogens is 521 g/mol. The lowest BCUT2D eigenvalue weighted by molar-refractivity contribution is 0.0126. The van der Waals surface area contributed by atoms with Crippen molar-refractivity contribution in [3.63, 3.8) is 0 Å². The lowest BCUT2D eigenvalue weighted by atomic mass is 10.1. The van der Waals surface area contributed by atoms with Crippen LogP contribution in [0.25, 0.3) is 0 Å². The van der Waals surface area contributed by atoms with Gasteiger partial charge >= 0.3 is 0 Å². The molecule has 2 aliphatic rings. The van der Waals surface area contributed by atoms with E-state index in [9.17, 15) is 13.2 Å². The molecule has 2 saturated heterocycles. The van der Waals surface area contributed by atoms with Gasteiger partial charge in [-0.25, -0.2) is 8.42 Å². The smallest absolute Gasteiger partial charge is 0.251 e. The van der Waals surface area contributed by atoms with Gasteiger partial charge in [0, 0.05) is 74.1 Å². The van der Waals surface area contributed by atoms with Crippen molar-refractivity contribution < 1.29 is 17.9 Å². The number of rotatable bonds is 8. The minimum atomic E-state index is -3.44. The van der Waals surface area contributed by atoms with Crippen molar-refractivity contribution >= 4 is 38.9 Å². The number of ether oxygens (including phenoxy) is 1. The number of hydrogen-bond acceptors (Lipinski definition) is 6. The fraction of sp³-hybridized carbons (Fsp3) is 0.500. The SMILES string of the molecule is CCS(=O)(=O)c1ccc(Cl)cc1CNC(=O)c1ccc(CN2CCN(C3CCOCC3)CC2)c(Cl)c1. The van der Waals surface area contributed by atoms with E-state index in [1.165, 1.54) is 6.07 Å². The average Bonchev–Trinajstić information content (AvgIpc) is 2.89. The number of benzene rings is 2. The van der Waals surface area contributed by atoms with Gasteiger partial charge in [-0.2, -0.15) is 0 Å². The summed E-state index contributed by atoms with van der Waals surface area (Å²) >= 11 is 12.6. The number of sulfone groups is 1. The molecule has 0 aliphatic carbocycles. The van der Waals surface area contributed by atoms with Gasteiger partial charge in [0.25, 0.3) is 5.91 Å². The van der Waals surface area contributed by atoms with E-state index in [1.807, 2.05) is 6.07 Å². The first-order valence-electron chi connectivity index (χ1n) is 12.4. The molecule has 0 aromatic heterocycles. The monoisotopic (exact) mass is 553 g/mol. The Bertz CT molecular complexity index is 1180. The van der Waals surface area contributed by atoms with Crippen molar-refractivity contribution in [2.45, 2.75) is 43.8 Å². The third-order valence-corrected chi connectivity index (χ3v) is 9.42. The quantitative estimate of drug-likeness (QED) is 0.532. The van der Waals surface area contributed by atoms with Gasteiger partial charge in [0.15, 0.2) is 9.84 Å².